The second-order valence-corrected chi connectivity index (χ2v) is 2.99. The van der Waals surface area contributed by atoms with Crippen LogP contribution in [-0.2, 0) is 9.53 Å². The first kappa shape index (κ1) is 14.2. The molecule has 0 aromatic rings. The summed E-state index contributed by atoms with van der Waals surface area (Å²) in [6, 6.07) is 0. The van der Waals surface area contributed by atoms with Gasteiger partial charge in [0.25, 0.3) is 0 Å². The highest BCUT2D eigenvalue weighted by Gasteiger charge is 2.25. The Bertz CT molecular complexity index is 185. The summed E-state index contributed by atoms with van der Waals surface area (Å²) >= 11 is 0. The van der Waals surface area contributed by atoms with E-state index < -0.39 is 18.5 Å². The van der Waals surface area contributed by atoms with Crippen molar-refractivity contribution in [1.29, 1.82) is 0 Å². The third-order valence-corrected chi connectivity index (χ3v) is 1.48. The van der Waals surface area contributed by atoms with Crippen LogP contribution >= 0.6 is 0 Å². The lowest BCUT2D eigenvalue weighted by Gasteiger charge is -2.07. The van der Waals surface area contributed by atoms with Crippen LogP contribution < -0.4 is 11.1 Å². The topological polar surface area (TPSA) is 64.4 Å². The molecule has 0 spiro atoms. The number of hydrogen-bond donors (Lipinski definition) is 2. The molecule has 4 nitrogen and oxygen atoms in total. The highest BCUT2D eigenvalue weighted by Crippen LogP contribution is 2.20. The van der Waals surface area contributed by atoms with Crippen LogP contribution in [0.2, 0.25) is 0 Å². The molecular weight excluding hydrogens is 213 g/mol. The number of rotatable bonds is 8. The lowest BCUT2D eigenvalue weighted by Crippen LogP contribution is -2.25. The van der Waals surface area contributed by atoms with Crippen molar-refractivity contribution >= 4 is 5.91 Å². The van der Waals surface area contributed by atoms with Crippen LogP contribution in [0.25, 0.3) is 0 Å². The first-order valence-electron chi connectivity index (χ1n) is 4.55. The summed E-state index contributed by atoms with van der Waals surface area (Å²) in [6.45, 7) is 0.782. The zero-order valence-electron chi connectivity index (χ0n) is 8.27. The molecule has 0 saturated carbocycles. The van der Waals surface area contributed by atoms with Crippen molar-refractivity contribution in [1.82, 2.24) is 5.32 Å². The number of ether oxygens (including phenoxy) is 1. The van der Waals surface area contributed by atoms with E-state index in [-0.39, 0.29) is 26.2 Å². The SMILES string of the molecule is NC(=O)COCCNCCCC(F)(F)F. The van der Waals surface area contributed by atoms with E-state index in [0.717, 1.165) is 0 Å². The van der Waals surface area contributed by atoms with Crippen molar-refractivity contribution in [2.45, 2.75) is 19.0 Å². The largest absolute Gasteiger partial charge is 0.389 e. The van der Waals surface area contributed by atoms with Gasteiger partial charge < -0.3 is 15.8 Å². The maximum absolute atomic E-state index is 11.7. The summed E-state index contributed by atoms with van der Waals surface area (Å²) in [6.07, 6.45) is -4.84. The third kappa shape index (κ3) is 13.2. The first-order chi connectivity index (χ1) is 6.92. The lowest BCUT2D eigenvalue weighted by molar-refractivity contribution is -0.135. The van der Waals surface area contributed by atoms with E-state index in [9.17, 15) is 18.0 Å². The van der Waals surface area contributed by atoms with Crippen LogP contribution in [0.1, 0.15) is 12.8 Å². The number of carbonyl (C=O) groups is 1. The monoisotopic (exact) mass is 228 g/mol. The Labute approximate surface area is 86.0 Å². The summed E-state index contributed by atoms with van der Waals surface area (Å²) in [7, 11) is 0. The number of alkyl halides is 3. The molecule has 90 valence electrons. The molecule has 0 aliphatic heterocycles. The quantitative estimate of drug-likeness (QED) is 0.592. The average molecular weight is 228 g/mol. The summed E-state index contributed by atoms with van der Waals surface area (Å²) in [4.78, 5) is 10.2. The van der Waals surface area contributed by atoms with Crippen molar-refractivity contribution in [3.63, 3.8) is 0 Å². The molecule has 0 aliphatic carbocycles. The molecule has 0 aromatic heterocycles. The van der Waals surface area contributed by atoms with Crippen LogP contribution in [0.3, 0.4) is 0 Å². The summed E-state index contributed by atoms with van der Waals surface area (Å²) in [5.74, 6) is -0.563. The number of nitrogens with one attached hydrogen (secondary N) is 1. The Hall–Kier alpha value is -0.820. The van der Waals surface area contributed by atoms with Gasteiger partial charge in [0.15, 0.2) is 0 Å². The van der Waals surface area contributed by atoms with Gasteiger partial charge in [-0.1, -0.05) is 0 Å². The lowest BCUT2D eigenvalue weighted by atomic mass is 10.3. The number of nitrogens with two attached hydrogens (primary N) is 1. The molecule has 0 saturated heterocycles. The maximum atomic E-state index is 11.7. The predicted octanol–water partition coefficient (Wildman–Crippen LogP) is 0.420. The Morgan fingerprint density at radius 2 is 2.00 bits per heavy atom. The van der Waals surface area contributed by atoms with E-state index >= 15 is 0 Å². The number of carbonyl (C=O) groups excluding carboxylic acids is 1. The second-order valence-electron chi connectivity index (χ2n) is 2.99. The minimum Gasteiger partial charge on any atom is -0.370 e. The molecule has 15 heavy (non-hydrogen) atoms. The van der Waals surface area contributed by atoms with Crippen molar-refractivity contribution < 1.29 is 22.7 Å². The van der Waals surface area contributed by atoms with E-state index in [1.807, 2.05) is 0 Å². The highest BCUT2D eigenvalue weighted by molar-refractivity contribution is 5.74. The van der Waals surface area contributed by atoms with Crippen LogP contribution in [-0.4, -0.2) is 38.4 Å². The molecule has 0 bridgehead atoms. The van der Waals surface area contributed by atoms with Crippen LogP contribution in [0.4, 0.5) is 13.2 Å². The molecule has 0 unspecified atom stereocenters. The molecule has 0 aliphatic rings. The molecule has 0 fully saturated rings. The van der Waals surface area contributed by atoms with Gasteiger partial charge >= 0.3 is 6.18 Å². The van der Waals surface area contributed by atoms with Crippen molar-refractivity contribution in [3.8, 4) is 0 Å². The number of hydrogen-bond acceptors (Lipinski definition) is 3. The molecule has 3 N–H and O–H groups in total. The van der Waals surface area contributed by atoms with E-state index in [1.54, 1.807) is 0 Å². The average Bonchev–Trinajstić information content (AvgIpc) is 2.07. The molecule has 1 amide bonds. The van der Waals surface area contributed by atoms with Gasteiger partial charge in [-0.2, -0.15) is 13.2 Å². The van der Waals surface area contributed by atoms with E-state index in [4.69, 9.17) is 10.5 Å². The highest BCUT2D eigenvalue weighted by atomic mass is 19.4. The predicted molar refractivity (Wildman–Crippen MR) is 48.2 cm³/mol. The number of halogens is 3. The molecule has 0 radical (unpaired) electrons. The van der Waals surface area contributed by atoms with E-state index in [1.165, 1.54) is 0 Å². The summed E-state index contributed by atoms with van der Waals surface area (Å²) in [5, 5.41) is 2.75. The van der Waals surface area contributed by atoms with Crippen molar-refractivity contribution in [2.75, 3.05) is 26.3 Å². The summed E-state index contributed by atoms with van der Waals surface area (Å²) < 4.78 is 39.8. The fraction of sp³-hybridized carbons (Fsp3) is 0.875. The maximum Gasteiger partial charge on any atom is 0.389 e. The van der Waals surface area contributed by atoms with E-state index in [0.29, 0.717) is 6.54 Å². The van der Waals surface area contributed by atoms with Gasteiger partial charge in [0.1, 0.15) is 6.61 Å². The molecule has 0 rings (SSSR count). The van der Waals surface area contributed by atoms with Gasteiger partial charge in [0, 0.05) is 13.0 Å². The minimum absolute atomic E-state index is 0.0410. The minimum atomic E-state index is -4.09. The summed E-state index contributed by atoms with van der Waals surface area (Å²) in [5.41, 5.74) is 4.79. The molecule has 0 heterocycles. The molecule has 7 heteroatoms. The fourth-order valence-corrected chi connectivity index (χ4v) is 0.856. The van der Waals surface area contributed by atoms with Gasteiger partial charge in [-0.3, -0.25) is 4.79 Å². The Kier molecular flexibility index (Phi) is 7.06. The van der Waals surface area contributed by atoms with Gasteiger partial charge in [0.2, 0.25) is 5.91 Å². The standard InChI is InChI=1S/C8H15F3N2O2/c9-8(10,11)2-1-3-13-4-5-15-6-7(12)14/h13H,1-6H2,(H2,12,14). The molecular formula is C8H15F3N2O2. The van der Waals surface area contributed by atoms with E-state index in [2.05, 4.69) is 5.32 Å². The zero-order chi connectivity index (χ0) is 11.7. The Morgan fingerprint density at radius 1 is 1.33 bits per heavy atom. The molecule has 0 aromatic carbocycles. The Balaban J connectivity index is 3.09. The Morgan fingerprint density at radius 3 is 2.53 bits per heavy atom. The van der Waals surface area contributed by atoms with Crippen molar-refractivity contribution in [3.05, 3.63) is 0 Å². The van der Waals surface area contributed by atoms with Gasteiger partial charge in [-0.05, 0) is 13.0 Å². The van der Waals surface area contributed by atoms with Crippen LogP contribution in [0.5, 0.6) is 0 Å². The van der Waals surface area contributed by atoms with Gasteiger partial charge in [-0.15, -0.1) is 0 Å². The smallest absolute Gasteiger partial charge is 0.370 e. The van der Waals surface area contributed by atoms with Crippen LogP contribution in [0, 0.1) is 0 Å². The fourth-order valence-electron chi connectivity index (χ4n) is 0.856. The van der Waals surface area contributed by atoms with Gasteiger partial charge in [-0.25, -0.2) is 0 Å². The van der Waals surface area contributed by atoms with Gasteiger partial charge in [0.05, 0.1) is 6.61 Å². The van der Waals surface area contributed by atoms with Crippen molar-refractivity contribution in [2.24, 2.45) is 5.73 Å². The molecule has 0 atom stereocenters. The number of primary amides is 1. The zero-order valence-corrected chi connectivity index (χ0v) is 8.27. The normalized spacial score (nSPS) is 11.7. The number of amides is 1. The van der Waals surface area contributed by atoms with Crippen LogP contribution in [0.15, 0.2) is 0 Å². The first-order valence-corrected chi connectivity index (χ1v) is 4.55. The second kappa shape index (κ2) is 7.47. The third-order valence-electron chi connectivity index (χ3n) is 1.48.